The maximum absolute atomic E-state index is 10.9. The molecule has 0 unspecified atom stereocenters. The summed E-state index contributed by atoms with van der Waals surface area (Å²) in [6.45, 7) is 1.55. The molecular weight excluding hydrogens is 354 g/mol. The number of rotatable bonds is 2. The number of hydrogen-bond donors (Lipinski definition) is 3. The second-order valence-corrected chi connectivity index (χ2v) is 5.11. The molecule has 2 rings (SSSR count). The van der Waals surface area contributed by atoms with E-state index < -0.39 is 5.97 Å². The molecule has 5 nitrogen and oxygen atoms in total. The summed E-state index contributed by atoms with van der Waals surface area (Å²) >= 11 is 6.67. The highest BCUT2D eigenvalue weighted by atomic mass is 79.9. The standard InChI is InChI=1S/C10H9Br2N3O2/c11-6-3-5(9(16)17)4-7(12)8(6)15-10-13-1-2-14-10/h3-4H,1-2H2,(H,16,17)(H2,13,14,15). The average molecular weight is 363 g/mol. The number of carbonyl (C=O) groups is 1. The van der Waals surface area contributed by atoms with Crippen molar-refractivity contribution in [2.24, 2.45) is 4.99 Å². The van der Waals surface area contributed by atoms with Crippen LogP contribution in [-0.2, 0) is 0 Å². The summed E-state index contributed by atoms with van der Waals surface area (Å²) in [5.41, 5.74) is 0.971. The van der Waals surface area contributed by atoms with Gasteiger partial charge >= 0.3 is 5.97 Å². The Hall–Kier alpha value is -1.08. The summed E-state index contributed by atoms with van der Waals surface area (Å²) in [4.78, 5) is 15.1. The fourth-order valence-corrected chi connectivity index (χ4v) is 2.80. The summed E-state index contributed by atoms with van der Waals surface area (Å²) < 4.78 is 1.33. The lowest BCUT2D eigenvalue weighted by molar-refractivity contribution is 0.0697. The van der Waals surface area contributed by atoms with Gasteiger partial charge in [0.25, 0.3) is 0 Å². The van der Waals surface area contributed by atoms with E-state index in [0.29, 0.717) is 14.9 Å². The van der Waals surface area contributed by atoms with Crippen LogP contribution in [0.15, 0.2) is 26.1 Å². The highest BCUT2D eigenvalue weighted by Crippen LogP contribution is 2.32. The van der Waals surface area contributed by atoms with Crippen LogP contribution in [0.4, 0.5) is 5.69 Å². The number of aliphatic imine (C=N–C) groups is 1. The van der Waals surface area contributed by atoms with Gasteiger partial charge in [0.2, 0.25) is 0 Å². The van der Waals surface area contributed by atoms with Crippen molar-refractivity contribution in [2.45, 2.75) is 0 Å². The molecule has 0 saturated carbocycles. The third-order valence-electron chi connectivity index (χ3n) is 2.21. The molecule has 90 valence electrons. The predicted octanol–water partition coefficient (Wildman–Crippen LogP) is 2.28. The van der Waals surface area contributed by atoms with Crippen molar-refractivity contribution in [3.63, 3.8) is 0 Å². The van der Waals surface area contributed by atoms with Gasteiger partial charge in [0.05, 0.1) is 17.8 Å². The molecule has 17 heavy (non-hydrogen) atoms. The van der Waals surface area contributed by atoms with Crippen LogP contribution in [0.3, 0.4) is 0 Å². The molecule has 0 bridgehead atoms. The minimum absolute atomic E-state index is 0.218. The van der Waals surface area contributed by atoms with Crippen LogP contribution in [0.2, 0.25) is 0 Å². The van der Waals surface area contributed by atoms with Crippen LogP contribution in [0.25, 0.3) is 0 Å². The van der Waals surface area contributed by atoms with E-state index in [4.69, 9.17) is 5.11 Å². The SMILES string of the molecule is O=C(O)c1cc(Br)c(NC2=NCCN2)c(Br)c1. The van der Waals surface area contributed by atoms with E-state index in [9.17, 15) is 4.79 Å². The number of nitrogens with zero attached hydrogens (tertiary/aromatic N) is 1. The molecule has 1 aromatic carbocycles. The maximum atomic E-state index is 10.9. The molecule has 0 radical (unpaired) electrons. The molecule has 1 aliphatic rings. The van der Waals surface area contributed by atoms with Gasteiger partial charge in [-0.15, -0.1) is 0 Å². The van der Waals surface area contributed by atoms with Crippen molar-refractivity contribution < 1.29 is 9.90 Å². The van der Waals surface area contributed by atoms with Crippen molar-refractivity contribution >= 4 is 49.5 Å². The Bertz CT molecular complexity index is 479. The van der Waals surface area contributed by atoms with Crippen molar-refractivity contribution in [2.75, 3.05) is 18.4 Å². The number of aromatic carboxylic acids is 1. The Morgan fingerprint density at radius 1 is 1.41 bits per heavy atom. The van der Waals surface area contributed by atoms with Crippen LogP contribution in [0, 0.1) is 0 Å². The van der Waals surface area contributed by atoms with Gasteiger partial charge in [-0.05, 0) is 44.0 Å². The Balaban J connectivity index is 2.31. The van der Waals surface area contributed by atoms with Crippen LogP contribution in [0.5, 0.6) is 0 Å². The number of carboxylic acid groups (broad SMARTS) is 1. The van der Waals surface area contributed by atoms with Gasteiger partial charge < -0.3 is 15.7 Å². The third-order valence-corrected chi connectivity index (χ3v) is 3.46. The van der Waals surface area contributed by atoms with E-state index in [1.165, 1.54) is 0 Å². The Morgan fingerprint density at radius 2 is 2.06 bits per heavy atom. The molecule has 0 spiro atoms. The van der Waals surface area contributed by atoms with Gasteiger partial charge in [0.15, 0.2) is 5.96 Å². The Labute approximate surface area is 115 Å². The lowest BCUT2D eigenvalue weighted by atomic mass is 10.2. The van der Waals surface area contributed by atoms with E-state index >= 15 is 0 Å². The van der Waals surface area contributed by atoms with E-state index in [0.717, 1.165) is 18.8 Å². The van der Waals surface area contributed by atoms with E-state index in [2.05, 4.69) is 47.5 Å². The zero-order valence-electron chi connectivity index (χ0n) is 8.63. The highest BCUT2D eigenvalue weighted by molar-refractivity contribution is 9.11. The second kappa shape index (κ2) is 5.05. The molecule has 3 N–H and O–H groups in total. The Morgan fingerprint density at radius 3 is 2.53 bits per heavy atom. The van der Waals surface area contributed by atoms with Gasteiger partial charge in [-0.2, -0.15) is 0 Å². The number of guanidine groups is 1. The normalized spacial score (nSPS) is 14.1. The molecule has 0 fully saturated rings. The minimum atomic E-state index is -0.964. The topological polar surface area (TPSA) is 73.7 Å². The zero-order valence-corrected chi connectivity index (χ0v) is 11.8. The first-order chi connectivity index (χ1) is 8.08. The van der Waals surface area contributed by atoms with E-state index in [1.54, 1.807) is 12.1 Å². The van der Waals surface area contributed by atoms with Crippen molar-refractivity contribution in [1.29, 1.82) is 0 Å². The predicted molar refractivity (Wildman–Crippen MR) is 72.7 cm³/mol. The van der Waals surface area contributed by atoms with Gasteiger partial charge in [0, 0.05) is 15.5 Å². The highest BCUT2D eigenvalue weighted by Gasteiger charge is 2.14. The molecule has 0 saturated heterocycles. The fourth-order valence-electron chi connectivity index (χ4n) is 1.42. The first-order valence-electron chi connectivity index (χ1n) is 4.85. The van der Waals surface area contributed by atoms with Crippen molar-refractivity contribution in [3.05, 3.63) is 26.6 Å². The quantitative estimate of drug-likeness (QED) is 0.754. The third kappa shape index (κ3) is 2.78. The minimum Gasteiger partial charge on any atom is -0.478 e. The number of hydrogen-bond acceptors (Lipinski definition) is 4. The van der Waals surface area contributed by atoms with Crippen molar-refractivity contribution in [3.8, 4) is 0 Å². The lowest BCUT2D eigenvalue weighted by Crippen LogP contribution is -2.26. The number of benzene rings is 1. The average Bonchev–Trinajstić information content (AvgIpc) is 2.75. The van der Waals surface area contributed by atoms with Crippen LogP contribution >= 0.6 is 31.9 Å². The van der Waals surface area contributed by atoms with Crippen molar-refractivity contribution in [1.82, 2.24) is 5.32 Å². The zero-order chi connectivity index (χ0) is 12.4. The molecule has 1 heterocycles. The molecule has 0 atom stereocenters. The number of halogens is 2. The molecular formula is C10H9Br2N3O2. The summed E-state index contributed by atoms with van der Waals surface area (Å²) in [6, 6.07) is 3.09. The summed E-state index contributed by atoms with van der Waals surface area (Å²) in [5, 5.41) is 15.1. The summed E-state index contributed by atoms with van der Waals surface area (Å²) in [6.07, 6.45) is 0. The molecule has 1 aromatic rings. The summed E-state index contributed by atoms with van der Waals surface area (Å²) in [5.74, 6) is -0.274. The fraction of sp³-hybridized carbons (Fsp3) is 0.200. The number of carboxylic acids is 1. The molecule has 7 heteroatoms. The summed E-state index contributed by atoms with van der Waals surface area (Å²) in [7, 11) is 0. The van der Waals surface area contributed by atoms with Gasteiger partial charge in [-0.25, -0.2) is 4.79 Å². The Kier molecular flexibility index (Phi) is 3.68. The first-order valence-corrected chi connectivity index (χ1v) is 6.44. The van der Waals surface area contributed by atoms with Crippen LogP contribution < -0.4 is 10.6 Å². The molecule has 0 aliphatic carbocycles. The number of anilines is 1. The molecule has 0 amide bonds. The number of nitrogens with one attached hydrogen (secondary N) is 2. The maximum Gasteiger partial charge on any atom is 0.335 e. The largest absolute Gasteiger partial charge is 0.478 e. The van der Waals surface area contributed by atoms with Crippen LogP contribution in [0.1, 0.15) is 10.4 Å². The van der Waals surface area contributed by atoms with Gasteiger partial charge in [-0.3, -0.25) is 4.99 Å². The smallest absolute Gasteiger partial charge is 0.335 e. The van der Waals surface area contributed by atoms with Gasteiger partial charge in [-0.1, -0.05) is 0 Å². The second-order valence-electron chi connectivity index (χ2n) is 3.40. The van der Waals surface area contributed by atoms with E-state index in [-0.39, 0.29) is 5.56 Å². The monoisotopic (exact) mass is 361 g/mol. The molecule has 1 aliphatic heterocycles. The lowest BCUT2D eigenvalue weighted by Gasteiger charge is -2.11. The molecule has 0 aromatic heterocycles. The van der Waals surface area contributed by atoms with E-state index in [1.807, 2.05) is 0 Å². The first kappa shape index (κ1) is 12.4. The van der Waals surface area contributed by atoms with Gasteiger partial charge in [0.1, 0.15) is 0 Å². The van der Waals surface area contributed by atoms with Crippen LogP contribution in [-0.4, -0.2) is 30.1 Å².